The first-order valence-electron chi connectivity index (χ1n) is 6.34. The lowest BCUT2D eigenvalue weighted by Crippen LogP contribution is -2.29. The van der Waals surface area contributed by atoms with Crippen molar-refractivity contribution in [3.05, 3.63) is 54.1 Å². The highest BCUT2D eigenvalue weighted by atomic mass is 32.2. The van der Waals surface area contributed by atoms with Crippen LogP contribution in [0.15, 0.2) is 53.4 Å². The summed E-state index contributed by atoms with van der Waals surface area (Å²) < 4.78 is 5.58. The highest BCUT2D eigenvalue weighted by Gasteiger charge is 2.03. The molecule has 2 aromatic carbocycles. The van der Waals surface area contributed by atoms with Crippen LogP contribution in [-0.2, 0) is 0 Å². The predicted octanol–water partition coefficient (Wildman–Crippen LogP) is 2.17. The van der Waals surface area contributed by atoms with Crippen molar-refractivity contribution < 1.29 is 14.6 Å². The summed E-state index contributed by atoms with van der Waals surface area (Å²) in [5, 5.41) is 9.35. The number of aromatic hydroxyl groups is 1. The molecule has 2 aromatic rings. The minimum absolute atomic E-state index is 0.259. The Hall–Kier alpha value is -2.18. The molecule has 0 fully saturated rings. The van der Waals surface area contributed by atoms with Gasteiger partial charge in [-0.05, 0) is 42.5 Å². The molecule has 0 radical (unpaired) electrons. The summed E-state index contributed by atoms with van der Waals surface area (Å²) in [6.07, 6.45) is 0. The lowest BCUT2D eigenvalue weighted by atomic mass is 10.2. The average Bonchev–Trinajstić information content (AvgIpc) is 2.51. The van der Waals surface area contributed by atoms with Crippen LogP contribution in [0.25, 0.3) is 0 Å². The molecule has 0 saturated carbocycles. The fourth-order valence-electron chi connectivity index (χ4n) is 1.68. The zero-order chi connectivity index (χ0) is 15.1. The Morgan fingerprint density at radius 1 is 1.24 bits per heavy atom. The van der Waals surface area contributed by atoms with E-state index in [1.165, 1.54) is 0 Å². The second-order valence-electron chi connectivity index (χ2n) is 4.19. The summed E-state index contributed by atoms with van der Waals surface area (Å²) in [5.74, 6) is 6.43. The van der Waals surface area contributed by atoms with Crippen molar-refractivity contribution in [3.8, 4) is 11.5 Å². The summed E-state index contributed by atoms with van der Waals surface area (Å²) >= 11 is 1.60. The van der Waals surface area contributed by atoms with E-state index >= 15 is 0 Å². The largest absolute Gasteiger partial charge is 0.508 e. The lowest BCUT2D eigenvalue weighted by Gasteiger charge is -2.07. The van der Waals surface area contributed by atoms with E-state index < -0.39 is 0 Å². The molecule has 0 heterocycles. The van der Waals surface area contributed by atoms with Gasteiger partial charge in [0, 0.05) is 16.2 Å². The van der Waals surface area contributed by atoms with Gasteiger partial charge in [-0.3, -0.25) is 10.2 Å². The van der Waals surface area contributed by atoms with Gasteiger partial charge >= 0.3 is 0 Å². The standard InChI is InChI=1S/C15H16N2O3S/c16-17-15(19)11-4-6-13(7-5-11)20-8-9-21-14-3-1-2-12(18)10-14/h1-7,10,18H,8-9,16H2,(H,17,19). The fraction of sp³-hybridized carbons (Fsp3) is 0.133. The van der Waals surface area contributed by atoms with E-state index in [-0.39, 0.29) is 11.7 Å². The fourth-order valence-corrected chi connectivity index (χ4v) is 2.46. The van der Waals surface area contributed by atoms with Crippen LogP contribution in [0, 0.1) is 0 Å². The quantitative estimate of drug-likeness (QED) is 0.250. The molecule has 0 bridgehead atoms. The normalized spacial score (nSPS) is 10.1. The third-order valence-corrected chi connectivity index (χ3v) is 3.64. The molecule has 0 spiro atoms. The number of thioether (sulfide) groups is 1. The van der Waals surface area contributed by atoms with Crippen LogP contribution in [0.1, 0.15) is 10.4 Å². The van der Waals surface area contributed by atoms with Crippen molar-refractivity contribution in [1.29, 1.82) is 0 Å². The molecule has 1 amide bonds. The van der Waals surface area contributed by atoms with E-state index in [1.807, 2.05) is 6.07 Å². The number of carbonyl (C=O) groups excluding carboxylic acids is 1. The number of carbonyl (C=O) groups is 1. The van der Waals surface area contributed by atoms with E-state index in [9.17, 15) is 9.90 Å². The van der Waals surface area contributed by atoms with Gasteiger partial charge in [-0.15, -0.1) is 11.8 Å². The SMILES string of the molecule is NNC(=O)c1ccc(OCCSc2cccc(O)c2)cc1. The summed E-state index contributed by atoms with van der Waals surface area (Å²) in [5.41, 5.74) is 2.56. The Kier molecular flexibility index (Phi) is 5.48. The Bertz CT molecular complexity index is 602. The van der Waals surface area contributed by atoms with Crippen LogP contribution in [0.3, 0.4) is 0 Å². The molecule has 4 N–H and O–H groups in total. The zero-order valence-corrected chi connectivity index (χ0v) is 12.1. The maximum absolute atomic E-state index is 11.3. The van der Waals surface area contributed by atoms with Crippen LogP contribution in [0.4, 0.5) is 0 Å². The Morgan fingerprint density at radius 3 is 2.67 bits per heavy atom. The Balaban J connectivity index is 1.77. The molecule has 0 aliphatic rings. The number of hydrogen-bond acceptors (Lipinski definition) is 5. The molecule has 0 aliphatic carbocycles. The molecular formula is C15H16N2O3S. The maximum Gasteiger partial charge on any atom is 0.265 e. The van der Waals surface area contributed by atoms with Gasteiger partial charge in [0.25, 0.3) is 5.91 Å². The van der Waals surface area contributed by atoms with Crippen molar-refractivity contribution in [1.82, 2.24) is 5.43 Å². The number of nitrogens with one attached hydrogen (secondary N) is 1. The third kappa shape index (κ3) is 4.70. The number of phenolic OH excluding ortho intramolecular Hbond substituents is 1. The van der Waals surface area contributed by atoms with Crippen LogP contribution in [-0.4, -0.2) is 23.4 Å². The highest BCUT2D eigenvalue weighted by molar-refractivity contribution is 7.99. The minimum atomic E-state index is -0.332. The van der Waals surface area contributed by atoms with Crippen molar-refractivity contribution in [2.75, 3.05) is 12.4 Å². The first-order chi connectivity index (χ1) is 10.2. The van der Waals surface area contributed by atoms with Crippen molar-refractivity contribution >= 4 is 17.7 Å². The molecule has 2 rings (SSSR count). The molecule has 0 unspecified atom stereocenters. The van der Waals surface area contributed by atoms with Crippen LogP contribution in [0.5, 0.6) is 11.5 Å². The van der Waals surface area contributed by atoms with E-state index in [0.29, 0.717) is 17.9 Å². The van der Waals surface area contributed by atoms with Crippen molar-refractivity contribution in [2.45, 2.75) is 4.90 Å². The predicted molar refractivity (Wildman–Crippen MR) is 82.4 cm³/mol. The first-order valence-corrected chi connectivity index (χ1v) is 7.33. The second-order valence-corrected chi connectivity index (χ2v) is 5.36. The monoisotopic (exact) mass is 304 g/mol. The highest BCUT2D eigenvalue weighted by Crippen LogP contribution is 2.22. The van der Waals surface area contributed by atoms with Crippen molar-refractivity contribution in [3.63, 3.8) is 0 Å². The molecule has 6 heteroatoms. The third-order valence-electron chi connectivity index (χ3n) is 2.69. The Labute approximate surface area is 127 Å². The van der Waals surface area contributed by atoms with Gasteiger partial charge in [-0.1, -0.05) is 6.07 Å². The van der Waals surface area contributed by atoms with Gasteiger partial charge in [0.2, 0.25) is 0 Å². The zero-order valence-electron chi connectivity index (χ0n) is 11.3. The Morgan fingerprint density at radius 2 is 2.00 bits per heavy atom. The molecule has 0 aromatic heterocycles. The number of nitrogen functional groups attached to an aromatic ring is 1. The van der Waals surface area contributed by atoms with Gasteiger partial charge < -0.3 is 9.84 Å². The number of hydrazine groups is 1. The number of phenols is 1. The number of amides is 1. The maximum atomic E-state index is 11.3. The summed E-state index contributed by atoms with van der Waals surface area (Å²) in [6, 6.07) is 13.8. The molecule has 21 heavy (non-hydrogen) atoms. The average molecular weight is 304 g/mol. The van der Waals surface area contributed by atoms with Crippen LogP contribution >= 0.6 is 11.8 Å². The van der Waals surface area contributed by atoms with Crippen LogP contribution < -0.4 is 16.0 Å². The number of hydrogen-bond donors (Lipinski definition) is 3. The second kappa shape index (κ2) is 7.56. The van der Waals surface area contributed by atoms with Gasteiger partial charge in [0.1, 0.15) is 11.5 Å². The van der Waals surface area contributed by atoms with E-state index in [0.717, 1.165) is 10.6 Å². The molecule has 0 atom stereocenters. The molecule has 110 valence electrons. The number of ether oxygens (including phenoxy) is 1. The summed E-state index contributed by atoms with van der Waals surface area (Å²) in [7, 11) is 0. The molecule has 5 nitrogen and oxygen atoms in total. The minimum Gasteiger partial charge on any atom is -0.508 e. The van der Waals surface area contributed by atoms with E-state index in [2.05, 4.69) is 5.43 Å². The summed E-state index contributed by atoms with van der Waals surface area (Å²) in [4.78, 5) is 12.3. The smallest absolute Gasteiger partial charge is 0.265 e. The van der Waals surface area contributed by atoms with Gasteiger partial charge in [-0.2, -0.15) is 0 Å². The summed E-state index contributed by atoms with van der Waals surface area (Å²) in [6.45, 7) is 0.531. The van der Waals surface area contributed by atoms with Gasteiger partial charge in [0.15, 0.2) is 0 Å². The van der Waals surface area contributed by atoms with Gasteiger partial charge in [-0.25, -0.2) is 5.84 Å². The first kappa shape index (κ1) is 15.2. The number of benzene rings is 2. The van der Waals surface area contributed by atoms with Crippen molar-refractivity contribution in [2.24, 2.45) is 5.84 Å². The number of rotatable bonds is 6. The van der Waals surface area contributed by atoms with E-state index in [1.54, 1.807) is 54.2 Å². The lowest BCUT2D eigenvalue weighted by molar-refractivity contribution is 0.0953. The molecular weight excluding hydrogens is 288 g/mol. The topological polar surface area (TPSA) is 84.6 Å². The molecule has 0 saturated heterocycles. The van der Waals surface area contributed by atoms with Crippen LogP contribution in [0.2, 0.25) is 0 Å². The molecule has 0 aliphatic heterocycles. The number of nitrogens with two attached hydrogens (primary N) is 1. The van der Waals surface area contributed by atoms with E-state index in [4.69, 9.17) is 10.6 Å². The van der Waals surface area contributed by atoms with Gasteiger partial charge in [0.05, 0.1) is 6.61 Å².